The minimum atomic E-state index is -0.283. The van der Waals surface area contributed by atoms with Gasteiger partial charge in [0.15, 0.2) is 0 Å². The number of nitrogens with zero attached hydrogens (tertiary/aromatic N) is 1. The molecule has 0 radical (unpaired) electrons. The van der Waals surface area contributed by atoms with E-state index in [0.717, 1.165) is 34.9 Å². The molecule has 2 N–H and O–H groups in total. The Morgan fingerprint density at radius 1 is 1.12 bits per heavy atom. The zero-order valence-electron chi connectivity index (χ0n) is 13.6. The van der Waals surface area contributed by atoms with Crippen LogP contribution in [-0.2, 0) is 11.2 Å². The van der Waals surface area contributed by atoms with Crippen LogP contribution in [0.4, 0.5) is 16.2 Å². The summed E-state index contributed by atoms with van der Waals surface area (Å²) in [5, 5.41) is -0.275. The van der Waals surface area contributed by atoms with Crippen molar-refractivity contribution in [3.05, 3.63) is 64.6 Å². The van der Waals surface area contributed by atoms with E-state index in [-0.39, 0.29) is 11.1 Å². The zero-order valence-corrected chi connectivity index (χ0v) is 14.4. The molecule has 0 aliphatic carbocycles. The van der Waals surface area contributed by atoms with Gasteiger partial charge in [0.05, 0.1) is 10.6 Å². The molecular formula is C19H18N2O2S. The normalized spacial score (nSPS) is 16.7. The van der Waals surface area contributed by atoms with Crippen molar-refractivity contribution in [2.45, 2.75) is 20.3 Å². The van der Waals surface area contributed by atoms with Crippen LogP contribution in [0, 0.1) is 0 Å². The summed E-state index contributed by atoms with van der Waals surface area (Å²) < 4.78 is 0. The molecule has 0 aromatic heterocycles. The number of anilines is 2. The molecule has 1 saturated heterocycles. The molecule has 1 aliphatic rings. The van der Waals surface area contributed by atoms with E-state index in [9.17, 15) is 9.59 Å². The number of rotatable bonds is 3. The van der Waals surface area contributed by atoms with Crippen LogP contribution >= 0.6 is 11.8 Å². The van der Waals surface area contributed by atoms with Gasteiger partial charge >= 0.3 is 0 Å². The van der Waals surface area contributed by atoms with Crippen LogP contribution in [0.15, 0.2) is 53.4 Å². The number of thioether (sulfide) groups is 1. The Kier molecular flexibility index (Phi) is 4.44. The van der Waals surface area contributed by atoms with Gasteiger partial charge in [-0.05, 0) is 66.1 Å². The third-order valence-electron chi connectivity index (χ3n) is 4.03. The van der Waals surface area contributed by atoms with Crippen LogP contribution in [0.1, 0.15) is 25.0 Å². The molecule has 5 heteroatoms. The zero-order chi connectivity index (χ0) is 17.3. The van der Waals surface area contributed by atoms with Crippen LogP contribution in [0.3, 0.4) is 0 Å². The number of aryl methyl sites for hydroxylation is 1. The average molecular weight is 338 g/mol. The Balaban J connectivity index is 1.97. The smallest absolute Gasteiger partial charge is 0.298 e. The van der Waals surface area contributed by atoms with Crippen molar-refractivity contribution in [1.29, 1.82) is 0 Å². The lowest BCUT2D eigenvalue weighted by molar-refractivity contribution is -0.113. The van der Waals surface area contributed by atoms with Gasteiger partial charge < -0.3 is 5.73 Å². The molecule has 1 fully saturated rings. The largest absolute Gasteiger partial charge is 0.399 e. The number of hydrogen-bond acceptors (Lipinski definition) is 4. The molecule has 1 aliphatic heterocycles. The predicted octanol–water partition coefficient (Wildman–Crippen LogP) is 4.46. The number of hydrogen-bond donors (Lipinski definition) is 1. The standard InChI is InChI=1S/C19H18N2O2S/c1-3-13-7-9-16(10-8-13)21-18(22)17(24-19(21)23)12(2)14-5-4-6-15(20)11-14/h4-11H,3,20H2,1-2H3/b17-12-. The second-order valence-corrected chi connectivity index (χ2v) is 6.57. The van der Waals surface area contributed by atoms with E-state index in [1.165, 1.54) is 4.90 Å². The summed E-state index contributed by atoms with van der Waals surface area (Å²) in [7, 11) is 0. The lowest BCUT2D eigenvalue weighted by Crippen LogP contribution is -2.27. The van der Waals surface area contributed by atoms with Crippen molar-refractivity contribution < 1.29 is 9.59 Å². The quantitative estimate of drug-likeness (QED) is 0.663. The van der Waals surface area contributed by atoms with Crippen molar-refractivity contribution in [1.82, 2.24) is 0 Å². The summed E-state index contributed by atoms with van der Waals surface area (Å²) in [5.74, 6) is -0.283. The Morgan fingerprint density at radius 3 is 2.46 bits per heavy atom. The SMILES string of the molecule is CCc1ccc(N2C(=O)S/C(=C(/C)c3cccc(N)c3)C2=O)cc1. The lowest BCUT2D eigenvalue weighted by Gasteiger charge is -2.13. The van der Waals surface area contributed by atoms with Gasteiger partial charge in [-0.3, -0.25) is 9.59 Å². The highest BCUT2D eigenvalue weighted by atomic mass is 32.2. The number of nitrogens with two attached hydrogens (primary N) is 1. The van der Waals surface area contributed by atoms with Crippen molar-refractivity contribution in [2.75, 3.05) is 10.6 Å². The Labute approximate surface area is 145 Å². The highest BCUT2D eigenvalue weighted by Crippen LogP contribution is 2.39. The Bertz CT molecular complexity index is 841. The first-order valence-corrected chi connectivity index (χ1v) is 8.55. The topological polar surface area (TPSA) is 63.4 Å². The molecule has 122 valence electrons. The van der Waals surface area contributed by atoms with E-state index in [1.807, 2.05) is 43.3 Å². The Hall–Kier alpha value is -2.53. The molecule has 0 spiro atoms. The predicted molar refractivity (Wildman–Crippen MR) is 99.7 cm³/mol. The molecule has 4 nitrogen and oxygen atoms in total. The number of carbonyl (C=O) groups excluding carboxylic acids is 2. The maximum Gasteiger partial charge on any atom is 0.298 e. The van der Waals surface area contributed by atoms with E-state index in [1.54, 1.807) is 12.1 Å². The molecule has 0 saturated carbocycles. The van der Waals surface area contributed by atoms with Crippen LogP contribution in [0.5, 0.6) is 0 Å². The number of benzene rings is 2. The first-order chi connectivity index (χ1) is 11.5. The van der Waals surface area contributed by atoms with Gasteiger partial charge in [-0.25, -0.2) is 4.90 Å². The van der Waals surface area contributed by atoms with Crippen LogP contribution in [0.25, 0.3) is 5.57 Å². The van der Waals surface area contributed by atoms with Crippen LogP contribution in [-0.4, -0.2) is 11.1 Å². The van der Waals surface area contributed by atoms with E-state index in [0.29, 0.717) is 16.3 Å². The van der Waals surface area contributed by atoms with Gasteiger partial charge in [0, 0.05) is 5.69 Å². The average Bonchev–Trinajstić information content (AvgIpc) is 2.89. The van der Waals surface area contributed by atoms with Crippen molar-refractivity contribution in [3.8, 4) is 0 Å². The summed E-state index contributed by atoms with van der Waals surface area (Å²) in [6, 6.07) is 14.8. The van der Waals surface area contributed by atoms with Crippen LogP contribution in [0.2, 0.25) is 0 Å². The molecule has 24 heavy (non-hydrogen) atoms. The summed E-state index contributed by atoms with van der Waals surface area (Å²) in [6.45, 7) is 3.90. The first-order valence-electron chi connectivity index (χ1n) is 7.73. The van der Waals surface area contributed by atoms with E-state index in [4.69, 9.17) is 5.73 Å². The summed E-state index contributed by atoms with van der Waals surface area (Å²) in [4.78, 5) is 26.8. The van der Waals surface area contributed by atoms with Gasteiger partial charge in [0.1, 0.15) is 0 Å². The number of amides is 2. The minimum absolute atomic E-state index is 0.275. The molecule has 2 aromatic carbocycles. The number of imide groups is 1. The fourth-order valence-electron chi connectivity index (χ4n) is 2.60. The molecule has 0 atom stereocenters. The maximum atomic E-state index is 12.8. The highest BCUT2D eigenvalue weighted by molar-refractivity contribution is 8.19. The molecule has 0 unspecified atom stereocenters. The fraction of sp³-hybridized carbons (Fsp3) is 0.158. The van der Waals surface area contributed by atoms with Gasteiger partial charge in [-0.15, -0.1) is 0 Å². The van der Waals surface area contributed by atoms with Gasteiger partial charge in [0.2, 0.25) is 0 Å². The molecule has 2 aromatic rings. The van der Waals surface area contributed by atoms with Crippen LogP contribution < -0.4 is 10.6 Å². The highest BCUT2D eigenvalue weighted by Gasteiger charge is 2.37. The molecular weight excluding hydrogens is 320 g/mol. The Morgan fingerprint density at radius 2 is 1.83 bits per heavy atom. The molecule has 2 amide bonds. The molecule has 1 heterocycles. The van der Waals surface area contributed by atoms with E-state index >= 15 is 0 Å². The number of allylic oxidation sites excluding steroid dienone is 1. The van der Waals surface area contributed by atoms with Crippen molar-refractivity contribution >= 4 is 39.9 Å². The second-order valence-electron chi connectivity index (χ2n) is 5.61. The third-order valence-corrected chi connectivity index (χ3v) is 5.07. The molecule has 3 rings (SSSR count). The van der Waals surface area contributed by atoms with Crippen molar-refractivity contribution in [3.63, 3.8) is 0 Å². The molecule has 0 bridgehead atoms. The van der Waals surface area contributed by atoms with Gasteiger partial charge in [-0.2, -0.15) is 0 Å². The van der Waals surface area contributed by atoms with E-state index < -0.39 is 0 Å². The maximum absolute atomic E-state index is 12.8. The lowest BCUT2D eigenvalue weighted by atomic mass is 10.1. The minimum Gasteiger partial charge on any atom is -0.399 e. The summed E-state index contributed by atoms with van der Waals surface area (Å²) >= 11 is 0.972. The second kappa shape index (κ2) is 6.53. The van der Waals surface area contributed by atoms with E-state index in [2.05, 4.69) is 6.92 Å². The monoisotopic (exact) mass is 338 g/mol. The summed E-state index contributed by atoms with van der Waals surface area (Å²) in [6.07, 6.45) is 0.913. The van der Waals surface area contributed by atoms with Gasteiger partial charge in [0.25, 0.3) is 11.1 Å². The first kappa shape index (κ1) is 16.3. The van der Waals surface area contributed by atoms with Crippen molar-refractivity contribution in [2.24, 2.45) is 0 Å². The fourth-order valence-corrected chi connectivity index (χ4v) is 3.51. The van der Waals surface area contributed by atoms with Gasteiger partial charge in [-0.1, -0.05) is 31.2 Å². The third kappa shape index (κ3) is 2.95. The number of carbonyl (C=O) groups is 2. The summed E-state index contributed by atoms with van der Waals surface area (Å²) in [5.41, 5.74) is 9.81. The number of nitrogen functional groups attached to an aromatic ring is 1.